The molecule has 0 atom stereocenters. The lowest BCUT2D eigenvalue weighted by atomic mass is 9.99. The Morgan fingerprint density at radius 2 is 2.16 bits per heavy atom. The highest BCUT2D eigenvalue weighted by atomic mass is 19.1. The van der Waals surface area contributed by atoms with Crippen LogP contribution in [-0.2, 0) is 4.79 Å². The molecule has 1 aromatic rings. The highest BCUT2D eigenvalue weighted by Gasteiger charge is 2.16. The van der Waals surface area contributed by atoms with Crippen molar-refractivity contribution in [2.45, 2.75) is 27.2 Å². The molecule has 0 aromatic heterocycles. The fourth-order valence-corrected chi connectivity index (χ4v) is 1.31. The first kappa shape index (κ1) is 15.0. The number of rotatable bonds is 4. The van der Waals surface area contributed by atoms with Crippen molar-refractivity contribution in [1.29, 1.82) is 5.26 Å². The second-order valence-corrected chi connectivity index (χ2v) is 5.35. The fourth-order valence-electron chi connectivity index (χ4n) is 1.31. The molecule has 1 N–H and O–H groups in total. The Morgan fingerprint density at radius 3 is 2.74 bits per heavy atom. The number of carbonyl (C=O) groups excluding carboxylic acids is 1. The average molecular weight is 264 g/mol. The predicted molar refractivity (Wildman–Crippen MR) is 70.2 cm³/mol. The number of hydrogen-bond donors (Lipinski definition) is 1. The van der Waals surface area contributed by atoms with Crippen molar-refractivity contribution in [3.63, 3.8) is 0 Å². The van der Waals surface area contributed by atoms with Gasteiger partial charge in [0.1, 0.15) is 6.42 Å². The number of nitrogens with one attached hydrogen (secondary N) is 1. The molecule has 4 nitrogen and oxygen atoms in total. The van der Waals surface area contributed by atoms with Crippen molar-refractivity contribution in [1.82, 2.24) is 0 Å². The quantitative estimate of drug-likeness (QED) is 0.908. The van der Waals surface area contributed by atoms with E-state index in [2.05, 4.69) is 5.32 Å². The average Bonchev–Trinajstić information content (AvgIpc) is 2.27. The molecule has 0 bridgehead atoms. The van der Waals surface area contributed by atoms with E-state index in [1.165, 1.54) is 18.2 Å². The molecule has 0 radical (unpaired) electrons. The van der Waals surface area contributed by atoms with Crippen molar-refractivity contribution in [2.24, 2.45) is 5.41 Å². The Balaban J connectivity index is 2.89. The number of anilines is 1. The summed E-state index contributed by atoms with van der Waals surface area (Å²) >= 11 is 0. The van der Waals surface area contributed by atoms with E-state index < -0.39 is 11.7 Å². The summed E-state index contributed by atoms with van der Waals surface area (Å²) in [7, 11) is 0. The molecule has 0 aliphatic rings. The SMILES string of the molecule is CC(C)(C)COc1c(F)cccc1NC(=O)CC#N. The first-order chi connectivity index (χ1) is 8.83. The van der Waals surface area contributed by atoms with Crippen LogP contribution < -0.4 is 10.1 Å². The van der Waals surface area contributed by atoms with E-state index in [9.17, 15) is 9.18 Å². The molecule has 0 spiro atoms. The van der Waals surface area contributed by atoms with Crippen molar-refractivity contribution < 1.29 is 13.9 Å². The molecule has 1 rings (SSSR count). The molecule has 0 aliphatic heterocycles. The molecule has 19 heavy (non-hydrogen) atoms. The molecule has 0 saturated carbocycles. The van der Waals surface area contributed by atoms with Crippen LogP contribution in [0.3, 0.4) is 0 Å². The lowest BCUT2D eigenvalue weighted by Gasteiger charge is -2.20. The number of amides is 1. The van der Waals surface area contributed by atoms with Gasteiger partial charge in [0.05, 0.1) is 18.4 Å². The Morgan fingerprint density at radius 1 is 1.47 bits per heavy atom. The minimum Gasteiger partial charge on any atom is -0.488 e. The summed E-state index contributed by atoms with van der Waals surface area (Å²) in [6, 6.07) is 6.00. The molecular weight excluding hydrogens is 247 g/mol. The zero-order chi connectivity index (χ0) is 14.5. The first-order valence-corrected chi connectivity index (χ1v) is 5.91. The molecular formula is C14H17FN2O2. The molecule has 5 heteroatoms. The lowest BCUT2D eigenvalue weighted by Crippen LogP contribution is -2.19. The number of hydrogen-bond acceptors (Lipinski definition) is 3. The zero-order valence-electron chi connectivity index (χ0n) is 11.3. The van der Waals surface area contributed by atoms with Crippen LogP contribution in [0.25, 0.3) is 0 Å². The van der Waals surface area contributed by atoms with E-state index >= 15 is 0 Å². The van der Waals surface area contributed by atoms with Crippen LogP contribution in [0.2, 0.25) is 0 Å². The molecule has 0 saturated heterocycles. The van der Waals surface area contributed by atoms with Crippen LogP contribution >= 0.6 is 0 Å². The number of halogens is 1. The number of ether oxygens (including phenoxy) is 1. The first-order valence-electron chi connectivity index (χ1n) is 5.91. The van der Waals surface area contributed by atoms with Crippen molar-refractivity contribution >= 4 is 11.6 Å². The van der Waals surface area contributed by atoms with Gasteiger partial charge in [-0.25, -0.2) is 4.39 Å². The monoisotopic (exact) mass is 264 g/mol. The molecule has 102 valence electrons. The largest absolute Gasteiger partial charge is 0.488 e. The maximum absolute atomic E-state index is 13.7. The summed E-state index contributed by atoms with van der Waals surface area (Å²) in [5, 5.41) is 10.9. The lowest BCUT2D eigenvalue weighted by molar-refractivity contribution is -0.115. The predicted octanol–water partition coefficient (Wildman–Crippen LogP) is 3.10. The molecule has 0 fully saturated rings. The number of para-hydroxylation sites is 1. The topological polar surface area (TPSA) is 62.1 Å². The van der Waals surface area contributed by atoms with Gasteiger partial charge in [0, 0.05) is 0 Å². The summed E-state index contributed by atoms with van der Waals surface area (Å²) in [4.78, 5) is 11.4. The van der Waals surface area contributed by atoms with Gasteiger partial charge in [-0.05, 0) is 17.5 Å². The normalized spacial score (nSPS) is 10.7. The summed E-state index contributed by atoms with van der Waals surface area (Å²) in [5.74, 6) is -1.03. The number of benzene rings is 1. The van der Waals surface area contributed by atoms with Gasteiger partial charge in [-0.3, -0.25) is 4.79 Å². The van der Waals surface area contributed by atoms with E-state index in [-0.39, 0.29) is 23.3 Å². The van der Waals surface area contributed by atoms with Gasteiger partial charge in [-0.1, -0.05) is 26.8 Å². The number of nitriles is 1. The molecule has 0 aliphatic carbocycles. The summed E-state index contributed by atoms with van der Waals surface area (Å²) in [5.41, 5.74) is 0.112. The molecule has 0 heterocycles. The number of nitrogens with zero attached hydrogens (tertiary/aromatic N) is 1. The standard InChI is InChI=1S/C14H17FN2O2/c1-14(2,3)9-19-13-10(15)5-4-6-11(13)17-12(18)7-8-16/h4-6H,7,9H2,1-3H3,(H,17,18). The summed E-state index contributed by atoms with van der Waals surface area (Å²) in [6.07, 6.45) is -0.283. The molecule has 1 amide bonds. The van der Waals surface area contributed by atoms with Crippen molar-refractivity contribution in [3.8, 4) is 11.8 Å². The minimum absolute atomic E-state index is 0.00344. The van der Waals surface area contributed by atoms with Crippen LogP contribution in [0.15, 0.2) is 18.2 Å². The second-order valence-electron chi connectivity index (χ2n) is 5.35. The van der Waals surface area contributed by atoms with Gasteiger partial charge in [0.15, 0.2) is 11.6 Å². The fraction of sp³-hybridized carbons (Fsp3) is 0.429. The van der Waals surface area contributed by atoms with E-state index in [0.717, 1.165) is 0 Å². The van der Waals surface area contributed by atoms with Gasteiger partial charge in [-0.2, -0.15) is 5.26 Å². The minimum atomic E-state index is -0.543. The number of carbonyl (C=O) groups is 1. The highest BCUT2D eigenvalue weighted by Crippen LogP contribution is 2.29. The van der Waals surface area contributed by atoms with E-state index in [1.54, 1.807) is 6.07 Å². The van der Waals surface area contributed by atoms with Gasteiger partial charge in [0.25, 0.3) is 0 Å². The molecule has 1 aromatic carbocycles. The van der Waals surface area contributed by atoms with Crippen LogP contribution in [0, 0.1) is 22.6 Å². The smallest absolute Gasteiger partial charge is 0.238 e. The van der Waals surface area contributed by atoms with E-state index in [0.29, 0.717) is 6.61 Å². The third kappa shape index (κ3) is 4.96. The van der Waals surface area contributed by atoms with Crippen LogP contribution in [0.5, 0.6) is 5.75 Å². The van der Waals surface area contributed by atoms with Gasteiger partial charge < -0.3 is 10.1 Å². The summed E-state index contributed by atoms with van der Waals surface area (Å²) in [6.45, 7) is 6.19. The maximum atomic E-state index is 13.7. The highest BCUT2D eigenvalue weighted by molar-refractivity contribution is 5.93. The second kappa shape index (κ2) is 6.19. The Bertz CT molecular complexity index is 501. The van der Waals surface area contributed by atoms with E-state index in [4.69, 9.17) is 10.00 Å². The van der Waals surface area contributed by atoms with Crippen molar-refractivity contribution in [2.75, 3.05) is 11.9 Å². The van der Waals surface area contributed by atoms with Crippen molar-refractivity contribution in [3.05, 3.63) is 24.0 Å². The third-order valence-corrected chi connectivity index (χ3v) is 2.13. The van der Waals surface area contributed by atoms with Crippen LogP contribution in [0.4, 0.5) is 10.1 Å². The molecule has 0 unspecified atom stereocenters. The Hall–Kier alpha value is -2.09. The third-order valence-electron chi connectivity index (χ3n) is 2.13. The maximum Gasteiger partial charge on any atom is 0.238 e. The van der Waals surface area contributed by atoms with Gasteiger partial charge >= 0.3 is 0 Å². The van der Waals surface area contributed by atoms with Gasteiger partial charge in [0.2, 0.25) is 5.91 Å². The zero-order valence-corrected chi connectivity index (χ0v) is 11.3. The summed E-state index contributed by atoms with van der Waals surface area (Å²) < 4.78 is 19.2. The van der Waals surface area contributed by atoms with Crippen LogP contribution in [0.1, 0.15) is 27.2 Å². The Labute approximate surface area is 112 Å². The van der Waals surface area contributed by atoms with Gasteiger partial charge in [-0.15, -0.1) is 0 Å². The van der Waals surface area contributed by atoms with E-state index in [1.807, 2.05) is 20.8 Å². The van der Waals surface area contributed by atoms with Crippen LogP contribution in [-0.4, -0.2) is 12.5 Å². The Kier molecular flexibility index (Phi) is 4.87.